The van der Waals surface area contributed by atoms with Crippen molar-refractivity contribution in [2.75, 3.05) is 19.6 Å². The van der Waals surface area contributed by atoms with Gasteiger partial charge in [-0.2, -0.15) is 0 Å². The van der Waals surface area contributed by atoms with Crippen LogP contribution < -0.4 is 10.1 Å². The minimum atomic E-state index is -0.0328. The van der Waals surface area contributed by atoms with E-state index >= 15 is 0 Å². The molecule has 0 fully saturated rings. The number of hydrogen-bond donors (Lipinski definition) is 1. The molecule has 1 amide bonds. The van der Waals surface area contributed by atoms with Crippen LogP contribution in [0.15, 0.2) is 54.6 Å². The summed E-state index contributed by atoms with van der Waals surface area (Å²) < 4.78 is 5.72. The third-order valence-corrected chi connectivity index (χ3v) is 4.36. The van der Waals surface area contributed by atoms with Crippen LogP contribution in [0, 0.1) is 0 Å². The number of amides is 1. The lowest BCUT2D eigenvalue weighted by Crippen LogP contribution is -2.42. The molecule has 0 aliphatic rings. The van der Waals surface area contributed by atoms with Crippen LogP contribution in [0.2, 0.25) is 0 Å². The second-order valence-corrected chi connectivity index (χ2v) is 6.08. The number of likely N-dealkylation sites (N-methyl/N-ethyl adjacent to an activating group) is 1. The van der Waals surface area contributed by atoms with E-state index in [0.29, 0.717) is 24.8 Å². The van der Waals surface area contributed by atoms with Gasteiger partial charge in [-0.1, -0.05) is 44.2 Å². The molecule has 2 aromatic rings. The highest BCUT2D eigenvalue weighted by molar-refractivity contribution is 5.94. The number of benzene rings is 2. The lowest BCUT2D eigenvalue weighted by molar-refractivity contribution is 0.0938. The number of ether oxygens (including phenoxy) is 1. The Balaban J connectivity index is 1.83. The molecule has 0 spiro atoms. The van der Waals surface area contributed by atoms with Crippen molar-refractivity contribution < 1.29 is 9.53 Å². The van der Waals surface area contributed by atoms with Crippen molar-refractivity contribution in [1.29, 1.82) is 0 Å². The summed E-state index contributed by atoms with van der Waals surface area (Å²) >= 11 is 0. The monoisotopic (exact) mass is 340 g/mol. The van der Waals surface area contributed by atoms with Gasteiger partial charge in [0.05, 0.1) is 0 Å². The molecular weight excluding hydrogens is 312 g/mol. The number of carbonyl (C=O) groups is 1. The van der Waals surface area contributed by atoms with Crippen molar-refractivity contribution in [1.82, 2.24) is 10.2 Å². The number of carbonyl (C=O) groups excluding carboxylic acids is 1. The van der Waals surface area contributed by atoms with Crippen LogP contribution in [0.1, 0.15) is 36.7 Å². The Morgan fingerprint density at radius 3 is 2.28 bits per heavy atom. The highest BCUT2D eigenvalue weighted by Gasteiger charge is 2.12. The van der Waals surface area contributed by atoms with Gasteiger partial charge in [0.15, 0.2) is 0 Å². The molecule has 4 nitrogen and oxygen atoms in total. The minimum Gasteiger partial charge on any atom is -0.489 e. The average Bonchev–Trinajstić information content (AvgIpc) is 2.66. The number of hydrogen-bond acceptors (Lipinski definition) is 3. The standard InChI is InChI=1S/C21H28N2O2/c1-4-23(5-2)17(3)15-22-21(24)19-13-11-18(12-14-19)16-25-20-9-7-6-8-10-20/h6-14,17H,4-5,15-16H2,1-3H3,(H,22,24). The van der Waals surface area contributed by atoms with Crippen LogP contribution in [0.4, 0.5) is 0 Å². The Bertz CT molecular complexity index is 637. The zero-order valence-electron chi connectivity index (χ0n) is 15.4. The molecule has 1 N–H and O–H groups in total. The van der Waals surface area contributed by atoms with Gasteiger partial charge in [-0.25, -0.2) is 0 Å². The molecule has 0 saturated heterocycles. The van der Waals surface area contributed by atoms with E-state index in [4.69, 9.17) is 4.74 Å². The van der Waals surface area contributed by atoms with E-state index < -0.39 is 0 Å². The van der Waals surface area contributed by atoms with Gasteiger partial charge in [0, 0.05) is 18.2 Å². The number of rotatable bonds is 9. The average molecular weight is 340 g/mol. The van der Waals surface area contributed by atoms with Gasteiger partial charge in [0.1, 0.15) is 12.4 Å². The second kappa shape index (κ2) is 9.84. The highest BCUT2D eigenvalue weighted by Crippen LogP contribution is 2.12. The van der Waals surface area contributed by atoms with E-state index in [1.54, 1.807) is 0 Å². The zero-order chi connectivity index (χ0) is 18.1. The largest absolute Gasteiger partial charge is 0.489 e. The molecule has 4 heteroatoms. The van der Waals surface area contributed by atoms with Crippen LogP contribution in [-0.2, 0) is 6.61 Å². The van der Waals surface area contributed by atoms with E-state index in [1.165, 1.54) is 0 Å². The molecule has 0 saturated carbocycles. The summed E-state index contributed by atoms with van der Waals surface area (Å²) in [6.07, 6.45) is 0. The second-order valence-electron chi connectivity index (χ2n) is 6.08. The van der Waals surface area contributed by atoms with E-state index in [9.17, 15) is 4.79 Å². The molecule has 0 heterocycles. The first-order valence-corrected chi connectivity index (χ1v) is 8.93. The Morgan fingerprint density at radius 1 is 1.04 bits per heavy atom. The fourth-order valence-electron chi connectivity index (χ4n) is 2.75. The molecule has 0 aliphatic carbocycles. The van der Waals surface area contributed by atoms with E-state index in [0.717, 1.165) is 24.4 Å². The Hall–Kier alpha value is -2.33. The Labute approximate surface area is 150 Å². The quantitative estimate of drug-likeness (QED) is 0.756. The lowest BCUT2D eigenvalue weighted by Gasteiger charge is -2.26. The van der Waals surface area contributed by atoms with Gasteiger partial charge in [-0.05, 0) is 49.8 Å². The van der Waals surface area contributed by atoms with Crippen molar-refractivity contribution in [2.24, 2.45) is 0 Å². The summed E-state index contributed by atoms with van der Waals surface area (Å²) in [7, 11) is 0. The molecule has 1 atom stereocenters. The van der Waals surface area contributed by atoms with Crippen LogP contribution in [0.5, 0.6) is 5.75 Å². The van der Waals surface area contributed by atoms with Crippen LogP contribution in [0.3, 0.4) is 0 Å². The minimum absolute atomic E-state index is 0.0328. The van der Waals surface area contributed by atoms with Crippen LogP contribution in [-0.4, -0.2) is 36.5 Å². The van der Waals surface area contributed by atoms with Crippen molar-refractivity contribution in [2.45, 2.75) is 33.4 Å². The maximum atomic E-state index is 12.3. The maximum Gasteiger partial charge on any atom is 0.251 e. The smallest absolute Gasteiger partial charge is 0.251 e. The van der Waals surface area contributed by atoms with E-state index in [1.807, 2.05) is 54.6 Å². The van der Waals surface area contributed by atoms with Gasteiger partial charge in [-0.15, -0.1) is 0 Å². The fraction of sp³-hybridized carbons (Fsp3) is 0.381. The third kappa shape index (κ3) is 5.91. The molecule has 0 aliphatic heterocycles. The first kappa shape index (κ1) is 19.0. The lowest BCUT2D eigenvalue weighted by atomic mass is 10.1. The van der Waals surface area contributed by atoms with Crippen molar-refractivity contribution in [3.8, 4) is 5.75 Å². The molecule has 0 aromatic heterocycles. The summed E-state index contributed by atoms with van der Waals surface area (Å²) in [5, 5.41) is 3.01. The van der Waals surface area contributed by atoms with Crippen LogP contribution >= 0.6 is 0 Å². The summed E-state index contributed by atoms with van der Waals surface area (Å²) in [5.41, 5.74) is 1.71. The summed E-state index contributed by atoms with van der Waals surface area (Å²) in [6, 6.07) is 17.6. The molecule has 134 valence electrons. The molecule has 2 aromatic carbocycles. The molecule has 2 rings (SSSR count). The van der Waals surface area contributed by atoms with Gasteiger partial charge in [0.2, 0.25) is 0 Å². The summed E-state index contributed by atoms with van der Waals surface area (Å²) in [6.45, 7) is 9.53. The highest BCUT2D eigenvalue weighted by atomic mass is 16.5. The fourth-order valence-corrected chi connectivity index (χ4v) is 2.75. The number of nitrogens with zero attached hydrogens (tertiary/aromatic N) is 1. The molecule has 1 unspecified atom stereocenters. The van der Waals surface area contributed by atoms with Gasteiger partial charge in [0.25, 0.3) is 5.91 Å². The Morgan fingerprint density at radius 2 is 1.68 bits per heavy atom. The zero-order valence-corrected chi connectivity index (χ0v) is 15.4. The first-order chi connectivity index (χ1) is 12.1. The third-order valence-electron chi connectivity index (χ3n) is 4.36. The van der Waals surface area contributed by atoms with E-state index in [2.05, 4.69) is 31.0 Å². The SMILES string of the molecule is CCN(CC)C(C)CNC(=O)c1ccc(COc2ccccc2)cc1. The van der Waals surface area contributed by atoms with Crippen LogP contribution in [0.25, 0.3) is 0 Å². The van der Waals surface area contributed by atoms with E-state index in [-0.39, 0.29) is 5.91 Å². The predicted octanol–water partition coefficient (Wildman–Crippen LogP) is 3.73. The topological polar surface area (TPSA) is 41.6 Å². The molecular formula is C21H28N2O2. The summed E-state index contributed by atoms with van der Waals surface area (Å²) in [4.78, 5) is 14.6. The molecule has 0 bridgehead atoms. The van der Waals surface area contributed by atoms with Gasteiger partial charge < -0.3 is 10.1 Å². The number of nitrogens with one attached hydrogen (secondary N) is 1. The number of para-hydroxylation sites is 1. The maximum absolute atomic E-state index is 12.3. The van der Waals surface area contributed by atoms with Gasteiger partial charge in [-0.3, -0.25) is 9.69 Å². The summed E-state index contributed by atoms with van der Waals surface area (Å²) in [5.74, 6) is 0.809. The predicted molar refractivity (Wildman–Crippen MR) is 102 cm³/mol. The van der Waals surface area contributed by atoms with Gasteiger partial charge >= 0.3 is 0 Å². The van der Waals surface area contributed by atoms with Crippen molar-refractivity contribution >= 4 is 5.91 Å². The van der Waals surface area contributed by atoms with Crippen molar-refractivity contribution in [3.05, 3.63) is 65.7 Å². The normalized spacial score (nSPS) is 12.0. The Kier molecular flexibility index (Phi) is 7.48. The molecule has 25 heavy (non-hydrogen) atoms. The first-order valence-electron chi connectivity index (χ1n) is 8.93. The van der Waals surface area contributed by atoms with Crippen molar-refractivity contribution in [3.63, 3.8) is 0 Å². The molecule has 0 radical (unpaired) electrons.